The standard InChI is InChI=1S/C23H30N8O4/c1-27-19-18(21(33)28(2)23(27)34)31-14-15(25-22(31)26-19)20(32)24-8-9-29-10-12-30(13-11-29)16-6-4-5-7-17(16)35-3/h4-7,15H,8-14H2,1-3H3,(H,24,32)(H,25,26). The zero-order valence-electron chi connectivity index (χ0n) is 20.2. The minimum Gasteiger partial charge on any atom is -0.495 e. The first-order valence-corrected chi connectivity index (χ1v) is 11.7. The first-order chi connectivity index (χ1) is 16.9. The van der Waals surface area contributed by atoms with Gasteiger partial charge in [-0.1, -0.05) is 12.1 Å². The SMILES string of the molecule is COc1ccccc1N1CCN(CCNC(=O)C2Cn3c(nc4c3c(=O)n(C)c(=O)n4C)N2)CC1. The molecule has 1 unspecified atom stereocenters. The largest absolute Gasteiger partial charge is 0.495 e. The molecule has 186 valence electrons. The summed E-state index contributed by atoms with van der Waals surface area (Å²) in [6, 6.07) is 7.52. The van der Waals surface area contributed by atoms with Gasteiger partial charge in [-0.3, -0.25) is 23.6 Å². The van der Waals surface area contributed by atoms with Crippen LogP contribution >= 0.6 is 0 Å². The minimum absolute atomic E-state index is 0.141. The van der Waals surface area contributed by atoms with Crippen molar-refractivity contribution in [2.75, 3.05) is 56.6 Å². The predicted octanol–water partition coefficient (Wildman–Crippen LogP) is -0.825. The lowest BCUT2D eigenvalue weighted by Crippen LogP contribution is -2.49. The normalized spacial score (nSPS) is 17.9. The second-order valence-electron chi connectivity index (χ2n) is 8.91. The van der Waals surface area contributed by atoms with Crippen molar-refractivity contribution in [3.8, 4) is 5.75 Å². The van der Waals surface area contributed by atoms with E-state index >= 15 is 0 Å². The molecule has 12 heteroatoms. The molecular formula is C23H30N8O4. The van der Waals surface area contributed by atoms with Crippen molar-refractivity contribution in [1.29, 1.82) is 0 Å². The van der Waals surface area contributed by atoms with E-state index in [4.69, 9.17) is 4.74 Å². The Morgan fingerprint density at radius 1 is 1.14 bits per heavy atom. The third-order valence-corrected chi connectivity index (χ3v) is 6.86. The Morgan fingerprint density at radius 3 is 2.63 bits per heavy atom. The summed E-state index contributed by atoms with van der Waals surface area (Å²) in [5.74, 6) is 1.16. The average molecular weight is 483 g/mol. The van der Waals surface area contributed by atoms with Gasteiger partial charge in [0, 0.05) is 53.4 Å². The lowest BCUT2D eigenvalue weighted by atomic mass is 10.2. The highest BCUT2D eigenvalue weighted by molar-refractivity contribution is 5.87. The highest BCUT2D eigenvalue weighted by Crippen LogP contribution is 2.28. The molecule has 0 aliphatic carbocycles. The number of benzene rings is 1. The number of imidazole rings is 1. The van der Waals surface area contributed by atoms with Crippen molar-refractivity contribution >= 4 is 28.7 Å². The number of aryl methyl sites for hydroxylation is 1. The van der Waals surface area contributed by atoms with Crippen molar-refractivity contribution in [2.24, 2.45) is 14.1 Å². The van der Waals surface area contributed by atoms with Gasteiger partial charge in [-0.2, -0.15) is 4.98 Å². The molecule has 0 saturated carbocycles. The van der Waals surface area contributed by atoms with Crippen LogP contribution in [0.3, 0.4) is 0 Å². The number of para-hydroxylation sites is 2. The molecular weight excluding hydrogens is 452 g/mol. The molecule has 1 saturated heterocycles. The molecule has 1 atom stereocenters. The number of nitrogens with one attached hydrogen (secondary N) is 2. The maximum atomic E-state index is 12.8. The van der Waals surface area contributed by atoms with Crippen LogP contribution in [0.5, 0.6) is 5.75 Å². The monoisotopic (exact) mass is 482 g/mol. The smallest absolute Gasteiger partial charge is 0.332 e. The number of ether oxygens (including phenoxy) is 1. The molecule has 1 fully saturated rings. The van der Waals surface area contributed by atoms with Crippen molar-refractivity contribution in [3.05, 3.63) is 45.1 Å². The second-order valence-corrected chi connectivity index (χ2v) is 8.91. The van der Waals surface area contributed by atoms with Gasteiger partial charge in [0.2, 0.25) is 11.9 Å². The zero-order valence-corrected chi connectivity index (χ0v) is 20.2. The molecule has 2 N–H and O–H groups in total. The van der Waals surface area contributed by atoms with E-state index in [9.17, 15) is 14.4 Å². The van der Waals surface area contributed by atoms with Crippen LogP contribution in [0.15, 0.2) is 33.9 Å². The van der Waals surface area contributed by atoms with E-state index in [2.05, 4.69) is 31.5 Å². The van der Waals surface area contributed by atoms with Gasteiger partial charge in [0.25, 0.3) is 5.56 Å². The quantitative estimate of drug-likeness (QED) is 0.468. The number of aromatic nitrogens is 4. The van der Waals surface area contributed by atoms with Crippen molar-refractivity contribution in [1.82, 2.24) is 28.9 Å². The molecule has 35 heavy (non-hydrogen) atoms. The Hall–Kier alpha value is -3.80. The first-order valence-electron chi connectivity index (χ1n) is 11.7. The van der Waals surface area contributed by atoms with Gasteiger partial charge in [0.05, 0.1) is 19.3 Å². The number of amides is 1. The number of carbonyl (C=O) groups is 1. The van der Waals surface area contributed by atoms with E-state index in [0.29, 0.717) is 23.7 Å². The highest BCUT2D eigenvalue weighted by Gasteiger charge is 2.31. The third-order valence-electron chi connectivity index (χ3n) is 6.86. The summed E-state index contributed by atoms with van der Waals surface area (Å²) < 4.78 is 9.55. The maximum absolute atomic E-state index is 12.8. The van der Waals surface area contributed by atoms with Crippen LogP contribution in [0.1, 0.15) is 0 Å². The molecule has 3 aromatic rings. The second kappa shape index (κ2) is 9.10. The Labute approximate surface area is 201 Å². The predicted molar refractivity (Wildman–Crippen MR) is 132 cm³/mol. The lowest BCUT2D eigenvalue weighted by Gasteiger charge is -2.36. The van der Waals surface area contributed by atoms with E-state index < -0.39 is 17.3 Å². The van der Waals surface area contributed by atoms with Crippen LogP contribution in [0.4, 0.5) is 11.6 Å². The van der Waals surface area contributed by atoms with Gasteiger partial charge < -0.3 is 24.8 Å². The van der Waals surface area contributed by atoms with Crippen molar-refractivity contribution in [3.63, 3.8) is 0 Å². The van der Waals surface area contributed by atoms with Gasteiger partial charge in [0.1, 0.15) is 11.8 Å². The van der Waals surface area contributed by atoms with E-state index in [-0.39, 0.29) is 12.5 Å². The summed E-state index contributed by atoms with van der Waals surface area (Å²) in [4.78, 5) is 46.6. The Bertz CT molecular complexity index is 1380. The Kier molecular flexibility index (Phi) is 5.97. The van der Waals surface area contributed by atoms with Crippen LogP contribution in [-0.2, 0) is 25.4 Å². The fourth-order valence-corrected chi connectivity index (χ4v) is 4.83. The molecule has 0 radical (unpaired) electrons. The summed E-state index contributed by atoms with van der Waals surface area (Å²) in [5.41, 5.74) is 0.886. The molecule has 12 nitrogen and oxygen atoms in total. The fourth-order valence-electron chi connectivity index (χ4n) is 4.83. The van der Waals surface area contributed by atoms with Gasteiger partial charge in [-0.05, 0) is 12.1 Å². The zero-order chi connectivity index (χ0) is 24.7. The molecule has 5 rings (SSSR count). The van der Waals surface area contributed by atoms with Crippen LogP contribution < -0.4 is 31.5 Å². The van der Waals surface area contributed by atoms with E-state index in [1.807, 2.05) is 18.2 Å². The summed E-state index contributed by atoms with van der Waals surface area (Å²) in [5, 5.41) is 6.08. The first kappa shape index (κ1) is 23.0. The Morgan fingerprint density at radius 2 is 1.89 bits per heavy atom. The van der Waals surface area contributed by atoms with Crippen LogP contribution in [0.2, 0.25) is 0 Å². The summed E-state index contributed by atoms with van der Waals surface area (Å²) >= 11 is 0. The van der Waals surface area contributed by atoms with Gasteiger partial charge in [-0.15, -0.1) is 0 Å². The summed E-state index contributed by atoms with van der Waals surface area (Å²) in [6.45, 7) is 5.16. The number of carbonyl (C=O) groups excluding carboxylic acids is 1. The molecule has 2 aliphatic rings. The number of rotatable bonds is 6. The van der Waals surface area contributed by atoms with Gasteiger partial charge in [-0.25, -0.2) is 4.79 Å². The molecule has 4 heterocycles. The van der Waals surface area contributed by atoms with Crippen LogP contribution in [-0.4, -0.2) is 81.9 Å². The molecule has 2 aromatic heterocycles. The topological polar surface area (TPSA) is 119 Å². The number of anilines is 2. The molecule has 0 bridgehead atoms. The Balaban J connectivity index is 1.14. The van der Waals surface area contributed by atoms with Crippen molar-refractivity contribution < 1.29 is 9.53 Å². The minimum atomic E-state index is -0.522. The van der Waals surface area contributed by atoms with Crippen molar-refractivity contribution in [2.45, 2.75) is 12.6 Å². The van der Waals surface area contributed by atoms with E-state index in [1.165, 1.54) is 11.6 Å². The highest BCUT2D eigenvalue weighted by atomic mass is 16.5. The average Bonchev–Trinajstić information content (AvgIpc) is 3.45. The number of piperazine rings is 1. The van der Waals surface area contributed by atoms with Crippen LogP contribution in [0, 0.1) is 0 Å². The number of hydrogen-bond donors (Lipinski definition) is 2. The molecule has 1 aromatic carbocycles. The number of methoxy groups -OCH3 is 1. The maximum Gasteiger partial charge on any atom is 0.332 e. The molecule has 0 spiro atoms. The molecule has 2 aliphatic heterocycles. The summed E-state index contributed by atoms with van der Waals surface area (Å²) in [6.07, 6.45) is 0. The fraction of sp³-hybridized carbons (Fsp3) is 0.478. The molecule has 1 amide bonds. The number of fused-ring (bicyclic) bond motifs is 3. The van der Waals surface area contributed by atoms with Gasteiger partial charge >= 0.3 is 5.69 Å². The van der Waals surface area contributed by atoms with E-state index in [0.717, 1.165) is 48.7 Å². The van der Waals surface area contributed by atoms with Gasteiger partial charge in [0.15, 0.2) is 11.2 Å². The number of nitrogens with zero attached hydrogens (tertiary/aromatic N) is 6. The summed E-state index contributed by atoms with van der Waals surface area (Å²) in [7, 11) is 4.70. The van der Waals surface area contributed by atoms with E-state index in [1.54, 1.807) is 18.7 Å². The van der Waals surface area contributed by atoms with Crippen LogP contribution in [0.25, 0.3) is 11.2 Å². The lowest BCUT2D eigenvalue weighted by molar-refractivity contribution is -0.121. The third kappa shape index (κ3) is 4.03. The number of hydrogen-bond acceptors (Lipinski definition) is 8.